The van der Waals surface area contributed by atoms with Gasteiger partial charge in [-0.2, -0.15) is 0 Å². The number of hydrogen-bond donors (Lipinski definition) is 1. The highest BCUT2D eigenvalue weighted by atomic mass is 16.2. The smallest absolute Gasteiger partial charge is 0.272 e. The molecule has 1 aromatic heterocycles. The van der Waals surface area contributed by atoms with Crippen LogP contribution in [0.1, 0.15) is 48.7 Å². The topological polar surface area (TPSA) is 62.3 Å². The molecule has 5 heteroatoms. The van der Waals surface area contributed by atoms with Crippen LogP contribution in [0.25, 0.3) is 0 Å². The molecule has 1 rings (SSSR count). The van der Waals surface area contributed by atoms with Crippen LogP contribution in [-0.4, -0.2) is 41.3 Å². The lowest BCUT2D eigenvalue weighted by atomic mass is 10.2. The molecule has 1 heterocycles. The summed E-state index contributed by atoms with van der Waals surface area (Å²) in [6.45, 7) is 9.72. The second kappa shape index (κ2) is 7.62. The summed E-state index contributed by atoms with van der Waals surface area (Å²) in [4.78, 5) is 30.0. The maximum absolute atomic E-state index is 12.2. The Kier molecular flexibility index (Phi) is 6.15. The summed E-state index contributed by atoms with van der Waals surface area (Å²) in [5.74, 6) is -0.0131. The molecule has 0 fully saturated rings. The number of hydrogen-bond acceptors (Lipinski definition) is 3. The van der Waals surface area contributed by atoms with Gasteiger partial charge in [0.1, 0.15) is 11.4 Å². The highest BCUT2D eigenvalue weighted by Crippen LogP contribution is 2.04. The third-order valence-electron chi connectivity index (χ3n) is 2.92. The van der Waals surface area contributed by atoms with Crippen LogP contribution >= 0.6 is 0 Å². The third-order valence-corrected chi connectivity index (χ3v) is 2.92. The van der Waals surface area contributed by atoms with Gasteiger partial charge in [0.15, 0.2) is 0 Å². The third kappa shape index (κ3) is 4.33. The standard InChI is InChI=1S/C15H23N3O2/c1-5-18(6-2)15(20)13-9-7-8-12(17-13)14(19)16-10-11(3)4/h7-9,11H,5-6,10H2,1-4H3,(H,16,19). The molecular formula is C15H23N3O2. The summed E-state index contributed by atoms with van der Waals surface area (Å²) in [5, 5.41) is 2.80. The molecule has 0 aliphatic carbocycles. The molecule has 5 nitrogen and oxygen atoms in total. The van der Waals surface area contributed by atoms with Crippen LogP contribution in [-0.2, 0) is 0 Å². The molecule has 0 saturated heterocycles. The van der Waals surface area contributed by atoms with Crippen LogP contribution < -0.4 is 5.32 Å². The van der Waals surface area contributed by atoms with Gasteiger partial charge in [-0.3, -0.25) is 9.59 Å². The van der Waals surface area contributed by atoms with Gasteiger partial charge in [-0.25, -0.2) is 4.98 Å². The molecule has 0 radical (unpaired) electrons. The average molecular weight is 277 g/mol. The van der Waals surface area contributed by atoms with Crippen LogP contribution in [0.3, 0.4) is 0 Å². The van der Waals surface area contributed by atoms with E-state index in [4.69, 9.17) is 0 Å². The predicted molar refractivity (Wildman–Crippen MR) is 78.7 cm³/mol. The van der Waals surface area contributed by atoms with Crippen LogP contribution in [0, 0.1) is 5.92 Å². The van der Waals surface area contributed by atoms with E-state index in [0.717, 1.165) is 0 Å². The van der Waals surface area contributed by atoms with E-state index in [0.29, 0.717) is 31.2 Å². The van der Waals surface area contributed by atoms with Gasteiger partial charge in [0, 0.05) is 19.6 Å². The molecule has 0 spiro atoms. The summed E-state index contributed by atoms with van der Waals surface area (Å²) < 4.78 is 0. The first kappa shape index (κ1) is 16.1. The molecule has 0 unspecified atom stereocenters. The van der Waals surface area contributed by atoms with Crippen molar-refractivity contribution in [1.29, 1.82) is 0 Å². The van der Waals surface area contributed by atoms with Crippen molar-refractivity contribution in [2.75, 3.05) is 19.6 Å². The van der Waals surface area contributed by atoms with Crippen molar-refractivity contribution < 1.29 is 9.59 Å². The fourth-order valence-corrected chi connectivity index (χ4v) is 1.74. The van der Waals surface area contributed by atoms with Gasteiger partial charge in [-0.05, 0) is 31.9 Å². The number of carbonyl (C=O) groups excluding carboxylic acids is 2. The van der Waals surface area contributed by atoms with E-state index in [9.17, 15) is 9.59 Å². The Labute approximate surface area is 120 Å². The van der Waals surface area contributed by atoms with Gasteiger partial charge >= 0.3 is 0 Å². The van der Waals surface area contributed by atoms with Crippen LogP contribution in [0.5, 0.6) is 0 Å². The summed E-state index contributed by atoms with van der Waals surface area (Å²) in [6, 6.07) is 4.95. The molecule has 2 amide bonds. The maximum Gasteiger partial charge on any atom is 0.272 e. The van der Waals surface area contributed by atoms with Crippen LogP contribution in [0.4, 0.5) is 0 Å². The highest BCUT2D eigenvalue weighted by molar-refractivity contribution is 5.96. The molecule has 20 heavy (non-hydrogen) atoms. The van der Waals surface area contributed by atoms with Crippen molar-refractivity contribution in [3.63, 3.8) is 0 Å². The normalized spacial score (nSPS) is 10.4. The van der Waals surface area contributed by atoms with E-state index < -0.39 is 0 Å². The molecular weight excluding hydrogens is 254 g/mol. The second-order valence-corrected chi connectivity index (χ2v) is 4.99. The van der Waals surface area contributed by atoms with Gasteiger partial charge in [-0.15, -0.1) is 0 Å². The lowest BCUT2D eigenvalue weighted by Gasteiger charge is -2.18. The van der Waals surface area contributed by atoms with Crippen molar-refractivity contribution in [1.82, 2.24) is 15.2 Å². The number of nitrogens with one attached hydrogen (secondary N) is 1. The quantitative estimate of drug-likeness (QED) is 0.864. The Morgan fingerprint density at radius 1 is 1.20 bits per heavy atom. The monoisotopic (exact) mass is 277 g/mol. The largest absolute Gasteiger partial charge is 0.350 e. The SMILES string of the molecule is CCN(CC)C(=O)c1cccc(C(=O)NCC(C)C)n1. The zero-order valence-corrected chi connectivity index (χ0v) is 12.6. The van der Waals surface area contributed by atoms with Gasteiger partial charge in [0.05, 0.1) is 0 Å². The minimum Gasteiger partial charge on any atom is -0.350 e. The maximum atomic E-state index is 12.2. The van der Waals surface area contributed by atoms with Gasteiger partial charge in [0.2, 0.25) is 0 Å². The molecule has 0 saturated carbocycles. The van der Waals surface area contributed by atoms with Gasteiger partial charge in [0.25, 0.3) is 11.8 Å². The number of amides is 2. The lowest BCUT2D eigenvalue weighted by Crippen LogP contribution is -2.32. The van der Waals surface area contributed by atoms with Crippen molar-refractivity contribution in [3.05, 3.63) is 29.6 Å². The first-order chi connectivity index (χ1) is 9.49. The molecule has 1 aromatic rings. The molecule has 0 bridgehead atoms. The van der Waals surface area contributed by atoms with Gasteiger partial charge < -0.3 is 10.2 Å². The zero-order chi connectivity index (χ0) is 15.1. The van der Waals surface area contributed by atoms with Crippen molar-refractivity contribution in [3.8, 4) is 0 Å². The number of aromatic nitrogens is 1. The van der Waals surface area contributed by atoms with Crippen LogP contribution in [0.15, 0.2) is 18.2 Å². The van der Waals surface area contributed by atoms with Crippen molar-refractivity contribution in [2.45, 2.75) is 27.7 Å². The van der Waals surface area contributed by atoms with Crippen molar-refractivity contribution >= 4 is 11.8 Å². The van der Waals surface area contributed by atoms with E-state index in [1.54, 1.807) is 23.1 Å². The fourth-order valence-electron chi connectivity index (χ4n) is 1.74. The Balaban J connectivity index is 2.85. The molecule has 110 valence electrons. The number of pyridine rings is 1. The molecule has 1 N–H and O–H groups in total. The predicted octanol–water partition coefficient (Wildman–Crippen LogP) is 1.95. The van der Waals surface area contributed by atoms with E-state index in [-0.39, 0.29) is 17.5 Å². The molecule has 0 aromatic carbocycles. The fraction of sp³-hybridized carbons (Fsp3) is 0.533. The first-order valence-electron chi connectivity index (χ1n) is 7.04. The Hall–Kier alpha value is -1.91. The summed E-state index contributed by atoms with van der Waals surface area (Å²) in [7, 11) is 0. The minimum absolute atomic E-state index is 0.145. The van der Waals surface area contributed by atoms with Crippen LogP contribution in [0.2, 0.25) is 0 Å². The molecule has 0 aliphatic rings. The van der Waals surface area contributed by atoms with E-state index in [2.05, 4.69) is 10.3 Å². The highest BCUT2D eigenvalue weighted by Gasteiger charge is 2.16. The number of nitrogens with zero attached hydrogens (tertiary/aromatic N) is 2. The van der Waals surface area contributed by atoms with E-state index in [1.165, 1.54) is 0 Å². The average Bonchev–Trinajstić information content (AvgIpc) is 2.46. The summed E-state index contributed by atoms with van der Waals surface area (Å²) in [6.07, 6.45) is 0. The lowest BCUT2D eigenvalue weighted by molar-refractivity contribution is 0.0767. The Morgan fingerprint density at radius 3 is 2.35 bits per heavy atom. The second-order valence-electron chi connectivity index (χ2n) is 4.99. The first-order valence-corrected chi connectivity index (χ1v) is 7.04. The minimum atomic E-state index is -0.243. The zero-order valence-electron chi connectivity index (χ0n) is 12.6. The molecule has 0 aliphatic heterocycles. The van der Waals surface area contributed by atoms with E-state index >= 15 is 0 Å². The van der Waals surface area contributed by atoms with Gasteiger partial charge in [-0.1, -0.05) is 19.9 Å². The number of rotatable bonds is 6. The van der Waals surface area contributed by atoms with Crippen molar-refractivity contribution in [2.24, 2.45) is 5.92 Å². The Bertz CT molecular complexity index is 468. The number of carbonyl (C=O) groups is 2. The van der Waals surface area contributed by atoms with E-state index in [1.807, 2.05) is 27.7 Å². The summed E-state index contributed by atoms with van der Waals surface area (Å²) in [5.41, 5.74) is 0.592. The Morgan fingerprint density at radius 2 is 1.80 bits per heavy atom. The molecule has 0 atom stereocenters. The summed E-state index contributed by atoms with van der Waals surface area (Å²) >= 11 is 0.